The van der Waals surface area contributed by atoms with Crippen molar-refractivity contribution in [3.05, 3.63) is 35.6 Å². The van der Waals surface area contributed by atoms with Gasteiger partial charge in [0.05, 0.1) is 31.3 Å². The number of benzene rings is 1. The normalized spacial score (nSPS) is 15.5. The Morgan fingerprint density at radius 1 is 1.05 bits per heavy atom. The molecule has 7 nitrogen and oxygen atoms in total. The Labute approximate surface area is 129 Å². The van der Waals surface area contributed by atoms with E-state index in [9.17, 15) is 21.2 Å². The van der Waals surface area contributed by atoms with Gasteiger partial charge < -0.3 is 5.73 Å². The summed E-state index contributed by atoms with van der Waals surface area (Å²) in [4.78, 5) is 0. The molecule has 1 atom stereocenters. The minimum Gasteiger partial charge on any atom is -0.319 e. The SMILES string of the molecule is CS(=O)(=O)OCCC(N)(COS(C)(=O)=O)c1ccc(F)cc1. The Bertz CT molecular complexity index is 702. The van der Waals surface area contributed by atoms with Gasteiger partial charge in [0, 0.05) is 0 Å². The van der Waals surface area contributed by atoms with Crippen molar-refractivity contribution in [1.29, 1.82) is 0 Å². The summed E-state index contributed by atoms with van der Waals surface area (Å²) in [6.45, 7) is -0.690. The van der Waals surface area contributed by atoms with E-state index in [4.69, 9.17) is 9.92 Å². The lowest BCUT2D eigenvalue weighted by Crippen LogP contribution is -2.43. The van der Waals surface area contributed by atoms with Crippen LogP contribution in [0.25, 0.3) is 0 Å². The lowest BCUT2D eigenvalue weighted by atomic mass is 9.89. The molecular weight excluding hydrogens is 337 g/mol. The van der Waals surface area contributed by atoms with Crippen LogP contribution in [0, 0.1) is 5.82 Å². The molecule has 0 radical (unpaired) electrons. The third-order valence-electron chi connectivity index (χ3n) is 2.80. The van der Waals surface area contributed by atoms with Crippen molar-refractivity contribution in [3.63, 3.8) is 0 Å². The van der Waals surface area contributed by atoms with Crippen LogP contribution in [-0.4, -0.2) is 42.6 Å². The van der Waals surface area contributed by atoms with Gasteiger partial charge in [0.1, 0.15) is 5.82 Å². The van der Waals surface area contributed by atoms with Crippen LogP contribution in [0.2, 0.25) is 0 Å². The quantitative estimate of drug-likeness (QED) is 0.668. The molecule has 0 spiro atoms. The van der Waals surface area contributed by atoms with Crippen LogP contribution in [0.3, 0.4) is 0 Å². The molecule has 0 aliphatic rings. The predicted octanol–water partition coefficient (Wildman–Crippen LogP) is 0.322. The molecule has 0 saturated carbocycles. The van der Waals surface area contributed by atoms with Crippen LogP contribution < -0.4 is 5.73 Å². The van der Waals surface area contributed by atoms with Crippen molar-refractivity contribution in [1.82, 2.24) is 0 Å². The summed E-state index contributed by atoms with van der Waals surface area (Å²) in [6.07, 6.45) is 1.71. The summed E-state index contributed by atoms with van der Waals surface area (Å²) in [5, 5.41) is 0. The van der Waals surface area contributed by atoms with Gasteiger partial charge in [-0.05, 0) is 24.1 Å². The molecular formula is C12H18FNO6S2. The lowest BCUT2D eigenvalue weighted by molar-refractivity contribution is 0.185. The average Bonchev–Trinajstić information content (AvgIpc) is 2.35. The van der Waals surface area contributed by atoms with Gasteiger partial charge in [-0.2, -0.15) is 16.8 Å². The van der Waals surface area contributed by atoms with Crippen LogP contribution in [-0.2, 0) is 34.1 Å². The van der Waals surface area contributed by atoms with Gasteiger partial charge >= 0.3 is 0 Å². The zero-order chi connectivity index (χ0) is 17.0. The van der Waals surface area contributed by atoms with E-state index in [1.807, 2.05) is 0 Å². The maximum Gasteiger partial charge on any atom is 0.264 e. The Morgan fingerprint density at radius 3 is 2.00 bits per heavy atom. The molecule has 22 heavy (non-hydrogen) atoms. The molecule has 0 amide bonds. The Kier molecular flexibility index (Phi) is 6.04. The van der Waals surface area contributed by atoms with Crippen LogP contribution in [0.15, 0.2) is 24.3 Å². The molecule has 126 valence electrons. The van der Waals surface area contributed by atoms with E-state index in [2.05, 4.69) is 4.18 Å². The average molecular weight is 355 g/mol. The summed E-state index contributed by atoms with van der Waals surface area (Å²) < 4.78 is 66.5. The maximum absolute atomic E-state index is 13.0. The molecule has 0 heterocycles. The van der Waals surface area contributed by atoms with Gasteiger partial charge in [-0.3, -0.25) is 8.37 Å². The highest BCUT2D eigenvalue weighted by molar-refractivity contribution is 7.86. The minimum atomic E-state index is -3.74. The molecule has 10 heteroatoms. The third-order valence-corrected chi connectivity index (χ3v) is 3.94. The van der Waals surface area contributed by atoms with Crippen LogP contribution in [0.1, 0.15) is 12.0 Å². The zero-order valence-electron chi connectivity index (χ0n) is 12.2. The monoisotopic (exact) mass is 355 g/mol. The fourth-order valence-electron chi connectivity index (χ4n) is 1.67. The second-order valence-electron chi connectivity index (χ2n) is 4.91. The summed E-state index contributed by atoms with van der Waals surface area (Å²) in [7, 11) is -7.39. The van der Waals surface area contributed by atoms with E-state index in [0.717, 1.165) is 24.6 Å². The Morgan fingerprint density at radius 2 is 1.55 bits per heavy atom. The van der Waals surface area contributed by atoms with Crippen molar-refractivity contribution in [2.75, 3.05) is 25.7 Å². The van der Waals surface area contributed by atoms with E-state index in [0.29, 0.717) is 5.56 Å². The summed E-state index contributed by atoms with van der Waals surface area (Å²) in [5.74, 6) is -0.484. The Balaban J connectivity index is 2.95. The molecule has 0 fully saturated rings. The van der Waals surface area contributed by atoms with E-state index >= 15 is 0 Å². The van der Waals surface area contributed by atoms with Crippen molar-refractivity contribution in [2.24, 2.45) is 5.73 Å². The van der Waals surface area contributed by atoms with Crippen LogP contribution in [0.4, 0.5) is 4.39 Å². The molecule has 1 aromatic carbocycles. The van der Waals surface area contributed by atoms with Crippen LogP contribution >= 0.6 is 0 Å². The first-order chi connectivity index (χ1) is 9.91. The summed E-state index contributed by atoms with van der Waals surface area (Å²) in [6, 6.07) is 5.08. The van der Waals surface area contributed by atoms with Crippen molar-refractivity contribution in [3.8, 4) is 0 Å². The van der Waals surface area contributed by atoms with Gasteiger partial charge in [-0.1, -0.05) is 12.1 Å². The van der Waals surface area contributed by atoms with E-state index in [1.54, 1.807) is 0 Å². The highest BCUT2D eigenvalue weighted by Crippen LogP contribution is 2.24. The largest absolute Gasteiger partial charge is 0.319 e. The number of nitrogens with two attached hydrogens (primary N) is 1. The smallest absolute Gasteiger partial charge is 0.264 e. The van der Waals surface area contributed by atoms with Gasteiger partial charge in [0.2, 0.25) is 0 Å². The molecule has 0 saturated heterocycles. The summed E-state index contributed by atoms with van der Waals surface area (Å²) >= 11 is 0. The second kappa shape index (κ2) is 7.01. The number of hydrogen-bond acceptors (Lipinski definition) is 7. The molecule has 1 aromatic rings. The number of hydrogen-bond donors (Lipinski definition) is 1. The third kappa shape index (κ3) is 6.79. The maximum atomic E-state index is 13.0. The van der Waals surface area contributed by atoms with Gasteiger partial charge in [-0.15, -0.1) is 0 Å². The first kappa shape index (κ1) is 19.0. The minimum absolute atomic E-state index is 0.0405. The molecule has 1 rings (SSSR count). The molecule has 2 N–H and O–H groups in total. The molecule has 0 bridgehead atoms. The topological polar surface area (TPSA) is 113 Å². The fraction of sp³-hybridized carbons (Fsp3) is 0.500. The molecule has 0 aliphatic heterocycles. The molecule has 0 aliphatic carbocycles. The standard InChI is InChI=1S/C12H18FNO6S2/c1-21(15,16)19-8-7-12(14,9-20-22(2,17)18)10-3-5-11(13)6-4-10/h3-6H,7-9,14H2,1-2H3. The highest BCUT2D eigenvalue weighted by atomic mass is 32.2. The first-order valence-electron chi connectivity index (χ1n) is 6.15. The van der Waals surface area contributed by atoms with Crippen molar-refractivity contribution in [2.45, 2.75) is 12.0 Å². The van der Waals surface area contributed by atoms with E-state index in [-0.39, 0.29) is 13.0 Å². The fourth-order valence-corrected chi connectivity index (χ4v) is 2.48. The van der Waals surface area contributed by atoms with E-state index in [1.165, 1.54) is 12.1 Å². The zero-order valence-corrected chi connectivity index (χ0v) is 13.8. The van der Waals surface area contributed by atoms with Gasteiger partial charge in [-0.25, -0.2) is 4.39 Å². The molecule has 1 unspecified atom stereocenters. The molecule has 0 aromatic heterocycles. The van der Waals surface area contributed by atoms with Gasteiger partial charge in [0.25, 0.3) is 20.2 Å². The van der Waals surface area contributed by atoms with Crippen molar-refractivity contribution >= 4 is 20.2 Å². The lowest BCUT2D eigenvalue weighted by Gasteiger charge is -2.29. The number of rotatable bonds is 8. The Hall–Kier alpha value is -1.07. The number of halogens is 1. The van der Waals surface area contributed by atoms with E-state index < -0.39 is 38.2 Å². The van der Waals surface area contributed by atoms with Crippen LogP contribution in [0.5, 0.6) is 0 Å². The predicted molar refractivity (Wildman–Crippen MR) is 78.5 cm³/mol. The highest BCUT2D eigenvalue weighted by Gasteiger charge is 2.30. The van der Waals surface area contributed by atoms with Crippen molar-refractivity contribution < 1.29 is 29.6 Å². The second-order valence-corrected chi connectivity index (χ2v) is 8.19. The van der Waals surface area contributed by atoms with Gasteiger partial charge in [0.15, 0.2) is 0 Å². The summed E-state index contributed by atoms with van der Waals surface area (Å²) in [5.41, 5.74) is 5.17. The first-order valence-corrected chi connectivity index (χ1v) is 9.78.